The third kappa shape index (κ3) is 8.14. The van der Waals surface area contributed by atoms with E-state index in [1.165, 1.54) is 0 Å². The lowest BCUT2D eigenvalue weighted by Gasteiger charge is -2.26. The number of ether oxygens (including phenoxy) is 2. The number of aromatic nitrogens is 1. The molecule has 0 bridgehead atoms. The number of hydrogen-bond donors (Lipinski definition) is 2. The molecule has 0 unspecified atom stereocenters. The van der Waals surface area contributed by atoms with Gasteiger partial charge in [-0.15, -0.1) is 0 Å². The number of nitrogens with one attached hydrogen (secondary N) is 2. The fourth-order valence-electron chi connectivity index (χ4n) is 2.36. The van der Waals surface area contributed by atoms with E-state index in [0.29, 0.717) is 19.6 Å². The predicted molar refractivity (Wildman–Crippen MR) is 113 cm³/mol. The number of anilines is 1. The molecule has 1 heterocycles. The van der Waals surface area contributed by atoms with E-state index >= 15 is 0 Å². The number of methoxy groups -OCH3 is 1. The van der Waals surface area contributed by atoms with Gasteiger partial charge in [0.15, 0.2) is 0 Å². The van der Waals surface area contributed by atoms with Crippen LogP contribution in [0.3, 0.4) is 0 Å². The zero-order valence-corrected chi connectivity index (χ0v) is 18.2. The highest BCUT2D eigenvalue weighted by molar-refractivity contribution is 9.10. The maximum absolute atomic E-state index is 12.2. The van der Waals surface area contributed by atoms with E-state index in [9.17, 15) is 4.79 Å². The van der Waals surface area contributed by atoms with Gasteiger partial charge in [0.05, 0.1) is 7.11 Å². The molecule has 0 fully saturated rings. The molecule has 8 heteroatoms. The fraction of sp³-hybridized carbons (Fsp3) is 0.400. The number of hydrazine groups is 1. The molecule has 1 aromatic carbocycles. The van der Waals surface area contributed by atoms with Gasteiger partial charge in [-0.05, 0) is 66.5 Å². The summed E-state index contributed by atoms with van der Waals surface area (Å²) in [5.41, 5.74) is 3.30. The average Bonchev–Trinajstić information content (AvgIpc) is 2.62. The minimum atomic E-state index is -0.560. The quantitative estimate of drug-likeness (QED) is 0.586. The van der Waals surface area contributed by atoms with Crippen molar-refractivity contribution < 1.29 is 14.3 Å². The Balaban J connectivity index is 1.97. The van der Waals surface area contributed by atoms with E-state index in [-0.39, 0.29) is 0 Å². The lowest BCUT2D eigenvalue weighted by atomic mass is 10.2. The summed E-state index contributed by atoms with van der Waals surface area (Å²) in [5.74, 6) is 1.56. The molecule has 7 nitrogen and oxygen atoms in total. The number of amides is 1. The van der Waals surface area contributed by atoms with Crippen LogP contribution in [0.2, 0.25) is 0 Å². The maximum Gasteiger partial charge on any atom is 0.422 e. The van der Waals surface area contributed by atoms with Gasteiger partial charge in [-0.1, -0.05) is 12.1 Å². The summed E-state index contributed by atoms with van der Waals surface area (Å²) < 4.78 is 11.5. The zero-order valence-electron chi connectivity index (χ0n) is 16.7. The van der Waals surface area contributed by atoms with Crippen LogP contribution in [0.15, 0.2) is 47.1 Å². The predicted octanol–water partition coefficient (Wildman–Crippen LogP) is 4.21. The summed E-state index contributed by atoms with van der Waals surface area (Å²) in [6.45, 7) is 7.19. The number of hydrogen-bond acceptors (Lipinski definition) is 6. The Labute approximate surface area is 174 Å². The molecule has 2 aromatic rings. The molecule has 152 valence electrons. The molecule has 1 amide bonds. The molecule has 0 spiro atoms. The number of benzene rings is 1. The number of carbonyl (C=O) groups is 1. The number of halogens is 1. The molecule has 28 heavy (non-hydrogen) atoms. The summed E-state index contributed by atoms with van der Waals surface area (Å²) in [6.07, 6.45) is 1.25. The molecule has 0 atom stereocenters. The summed E-state index contributed by atoms with van der Waals surface area (Å²) >= 11 is 3.37. The van der Waals surface area contributed by atoms with Crippen molar-refractivity contribution in [2.45, 2.75) is 32.9 Å². The minimum Gasteiger partial charge on any atom is -0.497 e. The van der Waals surface area contributed by atoms with Gasteiger partial charge < -0.3 is 14.8 Å². The molecule has 0 saturated heterocycles. The van der Waals surface area contributed by atoms with Crippen LogP contribution in [0.25, 0.3) is 0 Å². The second-order valence-electron chi connectivity index (χ2n) is 7.17. The van der Waals surface area contributed by atoms with Crippen LogP contribution in [0.1, 0.15) is 26.3 Å². The van der Waals surface area contributed by atoms with Crippen LogP contribution in [-0.2, 0) is 11.3 Å². The van der Waals surface area contributed by atoms with Crippen molar-refractivity contribution in [1.82, 2.24) is 15.4 Å². The van der Waals surface area contributed by atoms with Crippen molar-refractivity contribution in [2.75, 3.05) is 25.5 Å². The highest BCUT2D eigenvalue weighted by atomic mass is 79.9. The highest BCUT2D eigenvalue weighted by Gasteiger charge is 2.18. The smallest absolute Gasteiger partial charge is 0.422 e. The van der Waals surface area contributed by atoms with Crippen LogP contribution in [0, 0.1) is 0 Å². The first kappa shape index (κ1) is 22.0. The van der Waals surface area contributed by atoms with Crippen molar-refractivity contribution in [3.63, 3.8) is 0 Å². The van der Waals surface area contributed by atoms with Crippen molar-refractivity contribution in [3.05, 3.63) is 52.6 Å². The first-order chi connectivity index (χ1) is 13.2. The third-order valence-electron chi connectivity index (χ3n) is 3.60. The van der Waals surface area contributed by atoms with E-state index in [0.717, 1.165) is 21.6 Å². The maximum atomic E-state index is 12.2. The van der Waals surface area contributed by atoms with Crippen molar-refractivity contribution in [1.29, 1.82) is 0 Å². The van der Waals surface area contributed by atoms with Gasteiger partial charge in [0, 0.05) is 30.3 Å². The normalized spacial score (nSPS) is 11.2. The number of pyridine rings is 1. The van der Waals surface area contributed by atoms with Gasteiger partial charge >= 0.3 is 6.09 Å². The monoisotopic (exact) mass is 450 g/mol. The molecule has 0 radical (unpaired) electrons. The Morgan fingerprint density at radius 2 is 1.89 bits per heavy atom. The molecule has 1 aromatic heterocycles. The van der Waals surface area contributed by atoms with Gasteiger partial charge in [0.25, 0.3) is 0 Å². The molecular formula is C20H27BrN4O3. The van der Waals surface area contributed by atoms with Gasteiger partial charge in [0.1, 0.15) is 17.2 Å². The zero-order chi connectivity index (χ0) is 20.6. The Kier molecular flexibility index (Phi) is 8.07. The van der Waals surface area contributed by atoms with E-state index in [2.05, 4.69) is 31.7 Å². The van der Waals surface area contributed by atoms with Gasteiger partial charge in [-0.2, -0.15) is 0 Å². The fourth-order valence-corrected chi connectivity index (χ4v) is 2.59. The van der Waals surface area contributed by atoms with Gasteiger partial charge in [-0.3, -0.25) is 5.43 Å². The summed E-state index contributed by atoms with van der Waals surface area (Å²) in [7, 11) is 1.63. The van der Waals surface area contributed by atoms with Crippen molar-refractivity contribution in [2.24, 2.45) is 0 Å². The van der Waals surface area contributed by atoms with Crippen LogP contribution in [-0.4, -0.2) is 41.9 Å². The van der Waals surface area contributed by atoms with Gasteiger partial charge in [-0.25, -0.2) is 14.8 Å². The van der Waals surface area contributed by atoms with Crippen LogP contribution in [0.4, 0.5) is 10.6 Å². The van der Waals surface area contributed by atoms with E-state index in [1.54, 1.807) is 13.3 Å². The standard InChI is InChI=1S/C20H27BrN4O3/c1-20(2,3)28-19(26)24-25(14-15-5-8-17(27-4)9-6-15)12-11-22-18-10-7-16(21)13-23-18/h5-10,13H,11-12,14H2,1-4H3,(H,22,23)(H,24,26). The molecule has 0 saturated carbocycles. The van der Waals surface area contributed by atoms with Crippen molar-refractivity contribution in [3.8, 4) is 5.75 Å². The Morgan fingerprint density at radius 1 is 1.18 bits per heavy atom. The number of nitrogens with zero attached hydrogens (tertiary/aromatic N) is 2. The van der Waals surface area contributed by atoms with E-state index in [1.807, 2.05) is 62.2 Å². The Bertz CT molecular complexity index is 746. The largest absolute Gasteiger partial charge is 0.497 e. The van der Waals surface area contributed by atoms with Gasteiger partial charge in [0.2, 0.25) is 0 Å². The molecule has 2 N–H and O–H groups in total. The Morgan fingerprint density at radius 3 is 2.46 bits per heavy atom. The molecule has 0 aliphatic carbocycles. The summed E-state index contributed by atoms with van der Waals surface area (Å²) in [5, 5.41) is 5.05. The molecule has 0 aliphatic heterocycles. The summed E-state index contributed by atoms with van der Waals surface area (Å²) in [6, 6.07) is 11.5. The highest BCUT2D eigenvalue weighted by Crippen LogP contribution is 2.14. The topological polar surface area (TPSA) is 75.7 Å². The molecule has 2 rings (SSSR count). The van der Waals surface area contributed by atoms with E-state index < -0.39 is 11.7 Å². The Hall–Kier alpha value is -2.32. The number of rotatable bonds is 8. The third-order valence-corrected chi connectivity index (χ3v) is 4.07. The number of carbonyl (C=O) groups excluding carboxylic acids is 1. The van der Waals surface area contributed by atoms with Crippen LogP contribution >= 0.6 is 15.9 Å². The lowest BCUT2D eigenvalue weighted by Crippen LogP contribution is -2.46. The van der Waals surface area contributed by atoms with Crippen LogP contribution < -0.4 is 15.5 Å². The first-order valence-electron chi connectivity index (χ1n) is 8.98. The lowest BCUT2D eigenvalue weighted by molar-refractivity contribution is 0.0323. The SMILES string of the molecule is COc1ccc(CN(CCNc2ccc(Br)cn2)NC(=O)OC(C)(C)C)cc1. The first-order valence-corrected chi connectivity index (χ1v) is 9.77. The second-order valence-corrected chi connectivity index (χ2v) is 8.09. The minimum absolute atomic E-state index is 0.484. The molecule has 0 aliphatic rings. The van der Waals surface area contributed by atoms with Crippen molar-refractivity contribution >= 4 is 27.8 Å². The van der Waals surface area contributed by atoms with E-state index in [4.69, 9.17) is 9.47 Å². The second kappa shape index (κ2) is 10.3. The average molecular weight is 451 g/mol. The van der Waals surface area contributed by atoms with Crippen LogP contribution in [0.5, 0.6) is 5.75 Å². The molecular weight excluding hydrogens is 424 g/mol. The summed E-state index contributed by atoms with van der Waals surface area (Å²) in [4.78, 5) is 16.5.